The number of nitrogens with two attached hydrogens (primary N) is 2. The van der Waals surface area contributed by atoms with Crippen molar-refractivity contribution in [3.05, 3.63) is 71.8 Å². The number of primary amides is 1. The van der Waals surface area contributed by atoms with Gasteiger partial charge in [0.05, 0.1) is 12.5 Å². The molecule has 8 N–H and O–H groups in total. The summed E-state index contributed by atoms with van der Waals surface area (Å²) in [5.41, 5.74) is 12.5. The first-order chi connectivity index (χ1) is 21.3. The monoisotopic (exact) mass is 642 g/mol. The lowest BCUT2D eigenvalue weighted by Gasteiger charge is -2.28. The molecular formula is C31H42N6O7S. The van der Waals surface area contributed by atoms with E-state index in [-0.39, 0.29) is 18.8 Å². The Hall–Kier alpha value is -4.43. The molecule has 5 atom stereocenters. The minimum absolute atomic E-state index is 0.0119. The Morgan fingerprint density at radius 3 is 1.80 bits per heavy atom. The van der Waals surface area contributed by atoms with Gasteiger partial charge in [-0.3, -0.25) is 24.0 Å². The minimum atomic E-state index is -1.40. The fourth-order valence-electron chi connectivity index (χ4n) is 4.11. The van der Waals surface area contributed by atoms with Gasteiger partial charge in [-0.05, 0) is 24.0 Å². The Morgan fingerprint density at radius 2 is 1.27 bits per heavy atom. The molecule has 0 aliphatic rings. The van der Waals surface area contributed by atoms with Crippen LogP contribution in [0.25, 0.3) is 0 Å². The van der Waals surface area contributed by atoms with Crippen molar-refractivity contribution in [1.29, 1.82) is 0 Å². The number of amides is 5. The molecular weight excluding hydrogens is 600 g/mol. The van der Waals surface area contributed by atoms with E-state index in [1.807, 2.05) is 18.2 Å². The predicted molar refractivity (Wildman–Crippen MR) is 170 cm³/mol. The lowest BCUT2D eigenvalue weighted by molar-refractivity contribution is -0.148. The number of thiol groups is 1. The third-order valence-corrected chi connectivity index (χ3v) is 7.06. The Labute approximate surface area is 268 Å². The van der Waals surface area contributed by atoms with Gasteiger partial charge in [-0.1, -0.05) is 74.5 Å². The van der Waals surface area contributed by atoms with E-state index < -0.39 is 78.1 Å². The molecule has 0 aliphatic heterocycles. The first kappa shape index (κ1) is 36.8. The highest BCUT2D eigenvalue weighted by atomic mass is 32.1. The topological polar surface area (TPSA) is 212 Å². The van der Waals surface area contributed by atoms with Crippen LogP contribution in [-0.2, 0) is 46.5 Å². The highest BCUT2D eigenvalue weighted by Gasteiger charge is 2.33. The second-order valence-corrected chi connectivity index (χ2v) is 11.2. The van der Waals surface area contributed by atoms with Crippen LogP contribution in [0.3, 0.4) is 0 Å². The number of rotatable bonds is 17. The normalized spacial score (nSPS) is 14.2. The molecule has 0 saturated heterocycles. The maximum Gasteiger partial charge on any atom is 0.328 e. The summed E-state index contributed by atoms with van der Waals surface area (Å²) in [5, 5.41) is 10.2. The van der Waals surface area contributed by atoms with Crippen LogP contribution in [0, 0.1) is 5.92 Å². The summed E-state index contributed by atoms with van der Waals surface area (Å²) in [6.07, 6.45) is -0.467. The zero-order chi connectivity index (χ0) is 33.5. The molecule has 5 amide bonds. The van der Waals surface area contributed by atoms with Crippen molar-refractivity contribution in [2.75, 3.05) is 5.75 Å². The van der Waals surface area contributed by atoms with Gasteiger partial charge >= 0.3 is 5.97 Å². The summed E-state index contributed by atoms with van der Waals surface area (Å²) < 4.78 is 5.32. The van der Waals surface area contributed by atoms with Crippen LogP contribution in [0.5, 0.6) is 0 Å². The van der Waals surface area contributed by atoms with Crippen LogP contribution in [0.1, 0.15) is 38.3 Å². The molecule has 0 spiro atoms. The van der Waals surface area contributed by atoms with Gasteiger partial charge in [-0.25, -0.2) is 4.79 Å². The standard InChI is InChI=1S/C31H42N6O7S/c1-18(2)26(37-29(41)24(15-25(33)38)35-27(39)22(32)17-45)30(42)36-23(14-20-10-6-4-7-11-20)28(40)34-19(3)31(43)44-16-21-12-8-5-9-13-21/h4-13,18-19,22-24,26,45H,14-17,32H2,1-3H3,(H2,33,38)(H,34,40)(H,35,39)(H,36,42)(H,37,41)/t19-,22-,23-,24-,26-/m0/s1. The molecule has 0 radical (unpaired) electrons. The van der Waals surface area contributed by atoms with Crippen LogP contribution < -0.4 is 32.7 Å². The van der Waals surface area contributed by atoms with Crippen molar-refractivity contribution in [1.82, 2.24) is 21.3 Å². The quantitative estimate of drug-likeness (QED) is 0.0899. The number of ether oxygens (including phenoxy) is 1. The third kappa shape index (κ3) is 12.6. The van der Waals surface area contributed by atoms with Gasteiger partial charge in [-0.15, -0.1) is 0 Å². The van der Waals surface area contributed by atoms with E-state index in [1.165, 1.54) is 6.92 Å². The third-order valence-electron chi connectivity index (χ3n) is 6.67. The highest BCUT2D eigenvalue weighted by molar-refractivity contribution is 7.80. The van der Waals surface area contributed by atoms with E-state index in [2.05, 4.69) is 33.9 Å². The van der Waals surface area contributed by atoms with Crippen LogP contribution in [-0.4, -0.2) is 71.5 Å². The maximum absolute atomic E-state index is 13.5. The molecule has 0 unspecified atom stereocenters. The van der Waals surface area contributed by atoms with E-state index in [1.54, 1.807) is 56.3 Å². The molecule has 14 heteroatoms. The van der Waals surface area contributed by atoms with Crippen LogP contribution in [0.2, 0.25) is 0 Å². The second kappa shape index (κ2) is 18.4. The SMILES string of the molecule is CC(C)[C@H](NC(=O)[C@H](CC(N)=O)NC(=O)[C@@H](N)CS)C(=O)N[C@@H](Cc1ccccc1)C(=O)N[C@@H](C)C(=O)OCc1ccccc1. The summed E-state index contributed by atoms with van der Waals surface area (Å²) >= 11 is 3.96. The Kier molecular flexibility index (Phi) is 15.0. The summed E-state index contributed by atoms with van der Waals surface area (Å²) in [6, 6.07) is 12.2. The number of nitrogens with one attached hydrogen (secondary N) is 4. The van der Waals surface area contributed by atoms with E-state index in [4.69, 9.17) is 16.2 Å². The average molecular weight is 643 g/mol. The zero-order valence-electron chi connectivity index (χ0n) is 25.5. The number of hydrogen-bond donors (Lipinski definition) is 7. The van der Waals surface area contributed by atoms with Gasteiger partial charge < -0.3 is 37.5 Å². The minimum Gasteiger partial charge on any atom is -0.459 e. The molecule has 45 heavy (non-hydrogen) atoms. The number of benzene rings is 2. The van der Waals surface area contributed by atoms with Gasteiger partial charge in [0, 0.05) is 12.2 Å². The van der Waals surface area contributed by atoms with Gasteiger partial charge in [0.15, 0.2) is 0 Å². The molecule has 0 aliphatic carbocycles. The van der Waals surface area contributed by atoms with Crippen molar-refractivity contribution in [3.63, 3.8) is 0 Å². The smallest absolute Gasteiger partial charge is 0.328 e. The predicted octanol–water partition coefficient (Wildman–Crippen LogP) is -0.280. The maximum atomic E-state index is 13.5. The number of carbonyl (C=O) groups is 6. The Balaban J connectivity index is 2.18. The summed E-state index contributed by atoms with van der Waals surface area (Å²) in [4.78, 5) is 76.6. The fraction of sp³-hybridized carbons (Fsp3) is 0.419. The molecule has 2 rings (SSSR count). The van der Waals surface area contributed by atoms with Crippen molar-refractivity contribution >= 4 is 48.1 Å². The van der Waals surface area contributed by atoms with Crippen molar-refractivity contribution in [2.24, 2.45) is 17.4 Å². The Bertz CT molecular complexity index is 1310. The molecule has 0 heterocycles. The van der Waals surface area contributed by atoms with Gasteiger partial charge in [0.1, 0.15) is 30.8 Å². The van der Waals surface area contributed by atoms with E-state index in [9.17, 15) is 28.8 Å². The van der Waals surface area contributed by atoms with Crippen LogP contribution in [0.15, 0.2) is 60.7 Å². The lowest BCUT2D eigenvalue weighted by atomic mass is 10.00. The Morgan fingerprint density at radius 1 is 0.733 bits per heavy atom. The van der Waals surface area contributed by atoms with Gasteiger partial charge in [-0.2, -0.15) is 12.6 Å². The molecule has 0 bridgehead atoms. The molecule has 0 saturated carbocycles. The van der Waals surface area contributed by atoms with Crippen molar-refractivity contribution < 1.29 is 33.5 Å². The van der Waals surface area contributed by atoms with Crippen LogP contribution in [0.4, 0.5) is 0 Å². The largest absolute Gasteiger partial charge is 0.459 e. The molecule has 0 fully saturated rings. The first-order valence-electron chi connectivity index (χ1n) is 14.4. The molecule has 0 aromatic heterocycles. The molecule has 2 aromatic carbocycles. The van der Waals surface area contributed by atoms with Crippen LogP contribution >= 0.6 is 12.6 Å². The highest BCUT2D eigenvalue weighted by Crippen LogP contribution is 2.09. The molecule has 13 nitrogen and oxygen atoms in total. The van der Waals surface area contributed by atoms with E-state index in [0.29, 0.717) is 0 Å². The number of hydrogen-bond acceptors (Lipinski definition) is 9. The fourth-order valence-corrected chi connectivity index (χ4v) is 4.27. The van der Waals surface area contributed by atoms with Crippen molar-refractivity contribution in [3.8, 4) is 0 Å². The summed E-state index contributed by atoms with van der Waals surface area (Å²) in [5.74, 6) is -4.95. The number of esters is 1. The number of carbonyl (C=O) groups excluding carboxylic acids is 6. The molecule has 2 aromatic rings. The van der Waals surface area contributed by atoms with E-state index in [0.717, 1.165) is 11.1 Å². The van der Waals surface area contributed by atoms with Gasteiger partial charge in [0.25, 0.3) is 0 Å². The second-order valence-electron chi connectivity index (χ2n) is 10.8. The lowest BCUT2D eigenvalue weighted by Crippen LogP contribution is -2.60. The first-order valence-corrected chi connectivity index (χ1v) is 15.1. The van der Waals surface area contributed by atoms with Gasteiger partial charge in [0.2, 0.25) is 29.5 Å². The van der Waals surface area contributed by atoms with E-state index >= 15 is 0 Å². The summed E-state index contributed by atoms with van der Waals surface area (Å²) in [7, 11) is 0. The van der Waals surface area contributed by atoms with Crippen molar-refractivity contribution in [2.45, 2.75) is 70.4 Å². The summed E-state index contributed by atoms with van der Waals surface area (Å²) in [6.45, 7) is 4.83. The molecule has 244 valence electrons. The zero-order valence-corrected chi connectivity index (χ0v) is 26.4. The average Bonchev–Trinajstić information content (AvgIpc) is 3.01.